The van der Waals surface area contributed by atoms with Crippen LogP contribution < -0.4 is 0 Å². The third-order valence-corrected chi connectivity index (χ3v) is 5.94. The van der Waals surface area contributed by atoms with Gasteiger partial charge in [0.15, 0.2) is 0 Å². The largest absolute Gasteiger partial charge is 0.243 e. The zero-order chi connectivity index (χ0) is 14.0. The quantitative estimate of drug-likeness (QED) is 0.799. The van der Waals surface area contributed by atoms with E-state index in [4.69, 9.17) is 23.2 Å². The Balaban J connectivity index is 2.33. The smallest absolute Gasteiger partial charge is 0.207 e. The van der Waals surface area contributed by atoms with Crippen LogP contribution in [0.5, 0.6) is 0 Å². The van der Waals surface area contributed by atoms with Gasteiger partial charge < -0.3 is 0 Å². The zero-order valence-electron chi connectivity index (χ0n) is 10.8. The second-order valence-corrected chi connectivity index (χ2v) is 7.61. The van der Waals surface area contributed by atoms with Crippen LogP contribution in [0.25, 0.3) is 0 Å². The number of hydrogen-bond acceptors (Lipinski definition) is 2. The number of benzene rings is 1. The molecule has 0 spiro atoms. The van der Waals surface area contributed by atoms with Gasteiger partial charge in [-0.15, -0.1) is 11.6 Å². The van der Waals surface area contributed by atoms with Crippen molar-refractivity contribution in [3.05, 3.63) is 28.8 Å². The molecule has 0 bridgehead atoms. The summed E-state index contributed by atoms with van der Waals surface area (Å²) in [7, 11) is -3.43. The molecule has 3 nitrogen and oxygen atoms in total. The monoisotopic (exact) mass is 321 g/mol. The molecular weight excluding hydrogens is 305 g/mol. The summed E-state index contributed by atoms with van der Waals surface area (Å²) >= 11 is 11.7. The van der Waals surface area contributed by atoms with Crippen LogP contribution >= 0.6 is 23.2 Å². The van der Waals surface area contributed by atoms with E-state index in [1.807, 2.05) is 0 Å². The maximum atomic E-state index is 12.6. The molecule has 1 aliphatic heterocycles. The van der Waals surface area contributed by atoms with Gasteiger partial charge in [0.1, 0.15) is 0 Å². The van der Waals surface area contributed by atoms with E-state index in [1.165, 1.54) is 0 Å². The molecule has 2 rings (SSSR count). The highest BCUT2D eigenvalue weighted by Gasteiger charge is 2.28. The number of sulfonamides is 1. The minimum atomic E-state index is -3.43. The molecule has 0 saturated carbocycles. The van der Waals surface area contributed by atoms with Gasteiger partial charge >= 0.3 is 0 Å². The molecule has 1 unspecified atom stereocenters. The van der Waals surface area contributed by atoms with Crippen LogP contribution in [0.2, 0.25) is 5.02 Å². The SMILES string of the molecule is CC1CCCN(S(=O)(=O)c2ccc(Cl)c(CCl)c2)C1. The summed E-state index contributed by atoms with van der Waals surface area (Å²) in [4.78, 5) is 0.279. The predicted octanol–water partition coefficient (Wildman–Crippen LogP) is 3.50. The highest BCUT2D eigenvalue weighted by atomic mass is 35.5. The van der Waals surface area contributed by atoms with Crippen LogP contribution in [0.3, 0.4) is 0 Å². The Bertz CT molecular complexity index is 560. The van der Waals surface area contributed by atoms with Gasteiger partial charge in [0.05, 0.1) is 4.90 Å². The fraction of sp³-hybridized carbons (Fsp3) is 0.538. The molecule has 1 aromatic rings. The van der Waals surface area contributed by atoms with Crippen LogP contribution in [0.1, 0.15) is 25.3 Å². The number of alkyl halides is 1. The minimum Gasteiger partial charge on any atom is -0.207 e. The molecule has 1 fully saturated rings. The second-order valence-electron chi connectivity index (χ2n) is 5.00. The summed E-state index contributed by atoms with van der Waals surface area (Å²) in [6.45, 7) is 3.25. The van der Waals surface area contributed by atoms with Crippen molar-refractivity contribution in [1.29, 1.82) is 0 Å². The highest BCUT2D eigenvalue weighted by Crippen LogP contribution is 2.27. The molecule has 0 amide bonds. The molecule has 0 radical (unpaired) electrons. The van der Waals surface area contributed by atoms with Crippen molar-refractivity contribution >= 4 is 33.2 Å². The third-order valence-electron chi connectivity index (χ3n) is 3.42. The van der Waals surface area contributed by atoms with Crippen molar-refractivity contribution in [2.24, 2.45) is 5.92 Å². The second kappa shape index (κ2) is 6.00. The van der Waals surface area contributed by atoms with Crippen LogP contribution in [0.15, 0.2) is 23.1 Å². The van der Waals surface area contributed by atoms with Gasteiger partial charge in [0.25, 0.3) is 0 Å². The Kier molecular flexibility index (Phi) is 4.77. The first kappa shape index (κ1) is 15.1. The van der Waals surface area contributed by atoms with Crippen molar-refractivity contribution in [3.8, 4) is 0 Å². The first-order valence-electron chi connectivity index (χ1n) is 6.29. The van der Waals surface area contributed by atoms with Gasteiger partial charge in [-0.05, 0) is 42.5 Å². The lowest BCUT2D eigenvalue weighted by molar-refractivity contribution is 0.281. The summed E-state index contributed by atoms with van der Waals surface area (Å²) in [5.41, 5.74) is 0.648. The molecule has 1 aromatic carbocycles. The maximum Gasteiger partial charge on any atom is 0.243 e. The summed E-state index contributed by atoms with van der Waals surface area (Å²) in [5.74, 6) is 0.613. The molecule has 106 valence electrons. The number of hydrogen-bond donors (Lipinski definition) is 0. The van der Waals surface area contributed by atoms with E-state index >= 15 is 0 Å². The van der Waals surface area contributed by atoms with Crippen molar-refractivity contribution in [3.63, 3.8) is 0 Å². The molecule has 1 atom stereocenters. The Morgan fingerprint density at radius 2 is 2.16 bits per heavy atom. The van der Waals surface area contributed by atoms with Crippen molar-refractivity contribution < 1.29 is 8.42 Å². The van der Waals surface area contributed by atoms with E-state index in [2.05, 4.69) is 6.92 Å². The Morgan fingerprint density at radius 1 is 1.42 bits per heavy atom. The van der Waals surface area contributed by atoms with Crippen molar-refractivity contribution in [1.82, 2.24) is 4.31 Å². The van der Waals surface area contributed by atoms with E-state index in [0.717, 1.165) is 12.8 Å². The van der Waals surface area contributed by atoms with Gasteiger partial charge in [-0.3, -0.25) is 0 Å². The molecule has 0 N–H and O–H groups in total. The third kappa shape index (κ3) is 3.24. The Hall–Kier alpha value is -0.290. The summed E-state index contributed by atoms with van der Waals surface area (Å²) < 4.78 is 26.7. The van der Waals surface area contributed by atoms with E-state index in [1.54, 1.807) is 22.5 Å². The maximum absolute atomic E-state index is 12.6. The normalized spacial score (nSPS) is 21.5. The number of rotatable bonds is 3. The lowest BCUT2D eigenvalue weighted by Gasteiger charge is -2.30. The average molecular weight is 322 g/mol. The summed E-state index contributed by atoms with van der Waals surface area (Å²) in [5, 5.41) is 0.501. The van der Waals surface area contributed by atoms with Crippen molar-refractivity contribution in [2.75, 3.05) is 13.1 Å². The molecule has 1 heterocycles. The van der Waals surface area contributed by atoms with Gasteiger partial charge in [0, 0.05) is 24.0 Å². The predicted molar refractivity (Wildman–Crippen MR) is 78.2 cm³/mol. The molecular formula is C13H17Cl2NO2S. The van der Waals surface area contributed by atoms with Gasteiger partial charge in [-0.2, -0.15) is 4.31 Å². The first-order chi connectivity index (χ1) is 8.95. The minimum absolute atomic E-state index is 0.207. The fourth-order valence-corrected chi connectivity index (χ4v) is 4.45. The molecule has 19 heavy (non-hydrogen) atoms. The fourth-order valence-electron chi connectivity index (χ4n) is 2.33. The Morgan fingerprint density at radius 3 is 2.79 bits per heavy atom. The standard InChI is InChI=1S/C13H17Cl2NO2S/c1-10-3-2-6-16(9-10)19(17,18)12-4-5-13(15)11(7-12)8-14/h4-5,7,10H,2-3,6,8-9H2,1H3. The van der Waals surface area contributed by atoms with E-state index in [-0.39, 0.29) is 10.8 Å². The van der Waals surface area contributed by atoms with E-state index in [9.17, 15) is 8.42 Å². The van der Waals surface area contributed by atoms with E-state index < -0.39 is 10.0 Å². The van der Waals surface area contributed by atoms with Crippen LogP contribution in [0.4, 0.5) is 0 Å². The number of halogens is 2. The number of nitrogens with zero attached hydrogens (tertiary/aromatic N) is 1. The molecule has 1 aliphatic rings. The van der Waals surface area contributed by atoms with Crippen molar-refractivity contribution in [2.45, 2.75) is 30.5 Å². The molecule has 6 heteroatoms. The summed E-state index contributed by atoms with van der Waals surface area (Å²) in [6.07, 6.45) is 2.00. The zero-order valence-corrected chi connectivity index (χ0v) is 13.1. The molecule has 0 aliphatic carbocycles. The number of piperidine rings is 1. The topological polar surface area (TPSA) is 37.4 Å². The van der Waals surface area contributed by atoms with E-state index in [0.29, 0.717) is 29.6 Å². The molecule has 1 saturated heterocycles. The average Bonchev–Trinajstić information content (AvgIpc) is 2.39. The van der Waals surface area contributed by atoms with Crippen LogP contribution in [0, 0.1) is 5.92 Å². The highest BCUT2D eigenvalue weighted by molar-refractivity contribution is 7.89. The lowest BCUT2D eigenvalue weighted by Crippen LogP contribution is -2.39. The van der Waals surface area contributed by atoms with Crippen LogP contribution in [-0.2, 0) is 15.9 Å². The molecule has 0 aromatic heterocycles. The van der Waals surface area contributed by atoms with Gasteiger partial charge in [0.2, 0.25) is 10.0 Å². The van der Waals surface area contributed by atoms with Crippen LogP contribution in [-0.4, -0.2) is 25.8 Å². The Labute approximate surface area is 124 Å². The first-order valence-corrected chi connectivity index (χ1v) is 8.65. The van der Waals surface area contributed by atoms with Gasteiger partial charge in [-0.25, -0.2) is 8.42 Å². The van der Waals surface area contributed by atoms with Gasteiger partial charge in [-0.1, -0.05) is 18.5 Å². The lowest BCUT2D eigenvalue weighted by atomic mass is 10.0. The summed E-state index contributed by atoms with van der Waals surface area (Å²) in [6, 6.07) is 4.72.